The first kappa shape index (κ1) is 35.7. The van der Waals surface area contributed by atoms with E-state index in [9.17, 15) is 0 Å². The lowest BCUT2D eigenvalue weighted by Crippen LogP contribution is -2.09. The van der Waals surface area contributed by atoms with Crippen molar-refractivity contribution >= 4 is 27.8 Å². The average molecular weight is 752 g/mol. The molecule has 0 radical (unpaired) electrons. The molecule has 0 aliphatic rings. The second-order valence-corrected chi connectivity index (χ2v) is 15.0. The molecule has 0 atom stereocenters. The van der Waals surface area contributed by atoms with Gasteiger partial charge in [0.2, 0.25) is 0 Å². The monoisotopic (exact) mass is 751 g/mol. The molecule has 0 unspecified atom stereocenters. The highest BCUT2D eigenvalue weighted by Gasteiger charge is 2.18. The summed E-state index contributed by atoms with van der Waals surface area (Å²) in [5.74, 6) is 0. The van der Waals surface area contributed by atoms with E-state index in [1.54, 1.807) is 0 Å². The third-order valence-electron chi connectivity index (χ3n) is 11.2. The van der Waals surface area contributed by atoms with Crippen LogP contribution in [0.25, 0.3) is 77.5 Å². The summed E-state index contributed by atoms with van der Waals surface area (Å²) >= 11 is 0. The topological polar surface area (TPSA) is 3.24 Å². The second kappa shape index (κ2) is 16.0. The minimum atomic E-state index is 1.10. The van der Waals surface area contributed by atoms with Crippen LogP contribution in [0.3, 0.4) is 0 Å². The highest BCUT2D eigenvalue weighted by atomic mass is 15.1. The Hall–Kier alpha value is -7.74. The zero-order chi connectivity index (χ0) is 39.4. The Morgan fingerprint density at radius 2 is 0.593 bits per heavy atom. The van der Waals surface area contributed by atoms with Gasteiger partial charge in [-0.2, -0.15) is 0 Å². The van der Waals surface area contributed by atoms with Crippen LogP contribution in [-0.4, -0.2) is 0 Å². The van der Waals surface area contributed by atoms with Gasteiger partial charge in [0.1, 0.15) is 0 Å². The fourth-order valence-electron chi connectivity index (χ4n) is 8.29. The molecule has 0 aromatic heterocycles. The van der Waals surface area contributed by atoms with Crippen molar-refractivity contribution in [3.63, 3.8) is 0 Å². The first-order valence-electron chi connectivity index (χ1n) is 20.2. The first-order chi connectivity index (χ1) is 29.2. The number of rotatable bonds is 9. The molecule has 0 saturated carbocycles. The lowest BCUT2D eigenvalue weighted by Gasteiger charge is -2.26. The van der Waals surface area contributed by atoms with Crippen LogP contribution in [0.15, 0.2) is 249 Å². The minimum absolute atomic E-state index is 1.10. The molecule has 0 spiro atoms. The van der Waals surface area contributed by atoms with E-state index in [-0.39, 0.29) is 0 Å². The van der Waals surface area contributed by atoms with Crippen molar-refractivity contribution in [2.75, 3.05) is 4.90 Å². The van der Waals surface area contributed by atoms with E-state index >= 15 is 0 Å². The Morgan fingerprint density at radius 3 is 1.15 bits per heavy atom. The molecule has 10 aromatic carbocycles. The molecule has 10 aromatic rings. The van der Waals surface area contributed by atoms with Gasteiger partial charge in [0.15, 0.2) is 0 Å². The van der Waals surface area contributed by atoms with Crippen LogP contribution in [-0.2, 0) is 0 Å². The number of hydrogen-bond acceptors (Lipinski definition) is 1. The third kappa shape index (κ3) is 7.34. The average Bonchev–Trinajstić information content (AvgIpc) is 3.33. The second-order valence-electron chi connectivity index (χ2n) is 15.0. The van der Waals surface area contributed by atoms with Gasteiger partial charge in [0.05, 0.1) is 0 Å². The zero-order valence-electron chi connectivity index (χ0n) is 32.6. The van der Waals surface area contributed by atoms with E-state index in [0.717, 1.165) is 17.1 Å². The van der Waals surface area contributed by atoms with E-state index in [0.29, 0.717) is 0 Å². The van der Waals surface area contributed by atoms with Crippen molar-refractivity contribution in [1.29, 1.82) is 0 Å². The van der Waals surface area contributed by atoms with Gasteiger partial charge in [-0.05, 0) is 138 Å². The van der Waals surface area contributed by atoms with Crippen molar-refractivity contribution < 1.29 is 0 Å². The highest BCUT2D eigenvalue weighted by Crippen LogP contribution is 2.44. The van der Waals surface area contributed by atoms with E-state index in [4.69, 9.17) is 0 Å². The molecule has 0 heterocycles. The third-order valence-corrected chi connectivity index (χ3v) is 11.2. The van der Waals surface area contributed by atoms with Gasteiger partial charge in [-0.25, -0.2) is 0 Å². The van der Waals surface area contributed by atoms with Crippen molar-refractivity contribution in [2.24, 2.45) is 0 Å². The number of nitrogens with zero attached hydrogens (tertiary/aromatic N) is 1. The number of para-hydroxylation sites is 1. The quantitative estimate of drug-likeness (QED) is 0.142. The van der Waals surface area contributed by atoms with Gasteiger partial charge in [-0.15, -0.1) is 0 Å². The van der Waals surface area contributed by atoms with Crippen LogP contribution in [0.1, 0.15) is 0 Å². The molecule has 0 amide bonds. The van der Waals surface area contributed by atoms with Gasteiger partial charge in [0.25, 0.3) is 0 Å². The van der Waals surface area contributed by atoms with Crippen LogP contribution in [0, 0.1) is 0 Å². The molecule has 0 aliphatic carbocycles. The number of fused-ring (bicyclic) bond motifs is 1. The first-order valence-corrected chi connectivity index (χ1v) is 20.2. The van der Waals surface area contributed by atoms with Crippen LogP contribution in [0.4, 0.5) is 17.1 Å². The zero-order valence-corrected chi connectivity index (χ0v) is 32.6. The summed E-state index contributed by atoms with van der Waals surface area (Å²) in [6.45, 7) is 0. The Balaban J connectivity index is 1.04. The van der Waals surface area contributed by atoms with Gasteiger partial charge >= 0.3 is 0 Å². The molecule has 0 N–H and O–H groups in total. The predicted molar refractivity (Wildman–Crippen MR) is 251 cm³/mol. The Kier molecular flexibility index (Phi) is 9.68. The standard InChI is InChI=1S/C58H41N/c1-5-16-42(17-6-1)52-40-56(46-19-7-2-8-20-46)58(57(41-52)47-21-9-3-10-22-47)51-25-15-24-49(39-51)44-30-34-54(35-31-44)59(53-26-11-4-12-27-53)55-36-32-45(33-37-55)50-29-28-43-18-13-14-23-48(43)38-50/h1-41H. The Bertz CT molecular complexity index is 2930. The van der Waals surface area contributed by atoms with Crippen LogP contribution < -0.4 is 4.90 Å². The largest absolute Gasteiger partial charge is 0.311 e. The van der Waals surface area contributed by atoms with E-state index < -0.39 is 0 Å². The maximum atomic E-state index is 2.36. The molecule has 10 rings (SSSR count). The molecular weight excluding hydrogens is 711 g/mol. The normalized spacial score (nSPS) is 11.1. The summed E-state index contributed by atoms with van der Waals surface area (Å²) in [4.78, 5) is 2.33. The van der Waals surface area contributed by atoms with Crippen molar-refractivity contribution in [1.82, 2.24) is 0 Å². The molecule has 1 heteroatoms. The summed E-state index contributed by atoms with van der Waals surface area (Å²) < 4.78 is 0. The summed E-state index contributed by atoms with van der Waals surface area (Å²) in [5, 5.41) is 2.50. The number of anilines is 3. The lowest BCUT2D eigenvalue weighted by molar-refractivity contribution is 1.28. The van der Waals surface area contributed by atoms with Gasteiger partial charge in [0, 0.05) is 17.1 Å². The van der Waals surface area contributed by atoms with E-state index in [1.165, 1.54) is 77.5 Å². The van der Waals surface area contributed by atoms with Crippen molar-refractivity contribution in [3.8, 4) is 66.8 Å². The minimum Gasteiger partial charge on any atom is -0.311 e. The highest BCUT2D eigenvalue weighted by molar-refractivity contribution is 5.98. The van der Waals surface area contributed by atoms with Gasteiger partial charge in [-0.3, -0.25) is 0 Å². The molecular formula is C58H41N. The summed E-state index contributed by atoms with van der Waals surface area (Å²) in [5.41, 5.74) is 17.7. The van der Waals surface area contributed by atoms with Crippen LogP contribution in [0.2, 0.25) is 0 Å². The van der Waals surface area contributed by atoms with Crippen LogP contribution >= 0.6 is 0 Å². The maximum absolute atomic E-state index is 2.36. The molecule has 0 fully saturated rings. The van der Waals surface area contributed by atoms with Gasteiger partial charge in [-0.1, -0.05) is 188 Å². The molecule has 278 valence electrons. The number of benzene rings is 10. The molecule has 0 saturated heterocycles. The van der Waals surface area contributed by atoms with Crippen molar-refractivity contribution in [3.05, 3.63) is 249 Å². The van der Waals surface area contributed by atoms with Crippen LogP contribution in [0.5, 0.6) is 0 Å². The Morgan fingerprint density at radius 1 is 0.203 bits per heavy atom. The summed E-state index contributed by atoms with van der Waals surface area (Å²) in [6.07, 6.45) is 0. The molecule has 59 heavy (non-hydrogen) atoms. The maximum Gasteiger partial charge on any atom is 0.0462 e. The fourth-order valence-corrected chi connectivity index (χ4v) is 8.29. The van der Waals surface area contributed by atoms with E-state index in [2.05, 4.69) is 254 Å². The lowest BCUT2D eigenvalue weighted by atomic mass is 9.84. The summed E-state index contributed by atoms with van der Waals surface area (Å²) in [6, 6.07) is 89.8. The van der Waals surface area contributed by atoms with E-state index in [1.807, 2.05) is 0 Å². The smallest absolute Gasteiger partial charge is 0.0462 e. The molecule has 1 nitrogen and oxygen atoms in total. The molecule has 0 aliphatic heterocycles. The fraction of sp³-hybridized carbons (Fsp3) is 0. The van der Waals surface area contributed by atoms with Gasteiger partial charge < -0.3 is 4.90 Å². The molecule has 0 bridgehead atoms. The summed E-state index contributed by atoms with van der Waals surface area (Å²) in [7, 11) is 0. The predicted octanol–water partition coefficient (Wildman–Crippen LogP) is 16.3. The SMILES string of the molecule is c1ccc(-c2cc(-c3ccccc3)c(-c3cccc(-c4ccc(N(c5ccccc5)c5ccc(-c6ccc7ccccc7c6)cc5)cc4)c3)c(-c3ccccc3)c2)cc1. The van der Waals surface area contributed by atoms with Crippen molar-refractivity contribution in [2.45, 2.75) is 0 Å². The Labute approximate surface area is 346 Å². The number of hydrogen-bond donors (Lipinski definition) is 0.